The van der Waals surface area contributed by atoms with Gasteiger partial charge in [0.1, 0.15) is 5.57 Å². The third-order valence-electron chi connectivity index (χ3n) is 2.51. The van der Waals surface area contributed by atoms with Crippen LogP contribution in [0.4, 0.5) is 0 Å². The smallest absolute Gasteiger partial charge is 0.341 e. The molecular formula is C15H15ClO4. The first-order chi connectivity index (χ1) is 9.51. The maximum absolute atomic E-state index is 11.8. The Balaban J connectivity index is 3.38. The lowest BCUT2D eigenvalue weighted by atomic mass is 10.00. The summed E-state index contributed by atoms with van der Waals surface area (Å²) in [6.07, 6.45) is 2.80. The van der Waals surface area contributed by atoms with Gasteiger partial charge in [-0.2, -0.15) is 0 Å². The molecule has 0 aliphatic carbocycles. The first-order valence-corrected chi connectivity index (χ1v) is 6.17. The van der Waals surface area contributed by atoms with E-state index >= 15 is 0 Å². The summed E-state index contributed by atoms with van der Waals surface area (Å²) in [4.78, 5) is 23.0. The Bertz CT molecular complexity index is 573. The van der Waals surface area contributed by atoms with Gasteiger partial charge in [0.25, 0.3) is 0 Å². The van der Waals surface area contributed by atoms with Gasteiger partial charge in [-0.05, 0) is 17.2 Å². The Morgan fingerprint density at radius 3 is 2.40 bits per heavy atom. The van der Waals surface area contributed by atoms with Gasteiger partial charge in [0.05, 0.1) is 25.5 Å². The number of allylic oxidation sites excluding steroid dienone is 1. The molecule has 0 amide bonds. The number of Topliss-reactive ketones (excluding diaryl/α,β-unsaturated/α-hetero) is 1. The molecule has 106 valence electrons. The third kappa shape index (κ3) is 3.96. The van der Waals surface area contributed by atoms with E-state index < -0.39 is 5.97 Å². The van der Waals surface area contributed by atoms with Crippen LogP contribution in [0.15, 0.2) is 35.6 Å². The van der Waals surface area contributed by atoms with Gasteiger partial charge in [-0.15, -0.1) is 0 Å². The van der Waals surface area contributed by atoms with Crippen molar-refractivity contribution in [3.8, 4) is 0 Å². The Kier molecular flexibility index (Phi) is 6.00. The fraction of sp³-hybridized carbons (Fsp3) is 0.200. The lowest BCUT2D eigenvalue weighted by molar-refractivity contribution is -0.133. The predicted molar refractivity (Wildman–Crippen MR) is 78.0 cm³/mol. The van der Waals surface area contributed by atoms with Crippen molar-refractivity contribution < 1.29 is 19.1 Å². The van der Waals surface area contributed by atoms with Crippen LogP contribution in [-0.2, 0) is 19.1 Å². The lowest BCUT2D eigenvalue weighted by Gasteiger charge is -2.09. The molecule has 20 heavy (non-hydrogen) atoms. The molecular weight excluding hydrogens is 280 g/mol. The maximum Gasteiger partial charge on any atom is 0.341 e. The van der Waals surface area contributed by atoms with Gasteiger partial charge < -0.3 is 9.47 Å². The van der Waals surface area contributed by atoms with Crippen LogP contribution in [0.3, 0.4) is 0 Å². The summed E-state index contributed by atoms with van der Waals surface area (Å²) in [7, 11) is 2.72. The summed E-state index contributed by atoms with van der Waals surface area (Å²) in [6, 6.07) is 7.01. The van der Waals surface area contributed by atoms with E-state index in [-0.39, 0.29) is 16.4 Å². The first kappa shape index (κ1) is 16.0. The molecule has 0 unspecified atom stereocenters. The number of halogens is 1. The zero-order chi connectivity index (χ0) is 15.1. The van der Waals surface area contributed by atoms with Gasteiger partial charge in [-0.25, -0.2) is 4.79 Å². The van der Waals surface area contributed by atoms with Crippen LogP contribution in [0.5, 0.6) is 0 Å². The number of ether oxygens (including phenoxy) is 2. The molecule has 1 aromatic carbocycles. The second kappa shape index (κ2) is 7.50. The average molecular weight is 295 g/mol. The molecule has 1 aromatic rings. The summed E-state index contributed by atoms with van der Waals surface area (Å²) in [6.45, 7) is 1.37. The highest BCUT2D eigenvalue weighted by molar-refractivity contribution is 6.44. The Morgan fingerprint density at radius 2 is 1.85 bits per heavy atom. The van der Waals surface area contributed by atoms with Crippen LogP contribution < -0.4 is 0 Å². The van der Waals surface area contributed by atoms with Crippen LogP contribution in [0.25, 0.3) is 11.6 Å². The summed E-state index contributed by atoms with van der Waals surface area (Å²) in [5, 5.41) is 0.0825. The van der Waals surface area contributed by atoms with Crippen molar-refractivity contribution in [1.82, 2.24) is 0 Å². The normalized spacial score (nSPS) is 12.0. The fourth-order valence-electron chi connectivity index (χ4n) is 1.56. The molecule has 0 fully saturated rings. The molecule has 5 heteroatoms. The Morgan fingerprint density at radius 1 is 1.20 bits per heavy atom. The summed E-state index contributed by atoms with van der Waals surface area (Å²) < 4.78 is 9.62. The minimum Gasteiger partial charge on any atom is -0.503 e. The van der Waals surface area contributed by atoms with Gasteiger partial charge >= 0.3 is 5.97 Å². The van der Waals surface area contributed by atoms with Crippen molar-refractivity contribution >= 4 is 35.0 Å². The maximum atomic E-state index is 11.8. The molecule has 0 aliphatic heterocycles. The van der Waals surface area contributed by atoms with Gasteiger partial charge in [-0.3, -0.25) is 4.79 Å². The van der Waals surface area contributed by atoms with Gasteiger partial charge in [0.15, 0.2) is 5.78 Å². The lowest BCUT2D eigenvalue weighted by Crippen LogP contribution is -2.06. The number of ketones is 1. The van der Waals surface area contributed by atoms with Crippen LogP contribution in [0.1, 0.15) is 18.1 Å². The van der Waals surface area contributed by atoms with Crippen molar-refractivity contribution in [2.45, 2.75) is 6.92 Å². The molecule has 0 saturated heterocycles. The van der Waals surface area contributed by atoms with Gasteiger partial charge in [0, 0.05) is 6.92 Å². The summed E-state index contributed by atoms with van der Waals surface area (Å²) >= 11 is 5.86. The molecule has 0 saturated carbocycles. The molecule has 0 aromatic heterocycles. The van der Waals surface area contributed by atoms with E-state index in [1.165, 1.54) is 33.5 Å². The largest absolute Gasteiger partial charge is 0.503 e. The molecule has 0 N–H and O–H groups in total. The van der Waals surface area contributed by atoms with E-state index in [1.54, 1.807) is 24.3 Å². The molecule has 0 bridgehead atoms. The predicted octanol–water partition coefficient (Wildman–Crippen LogP) is 3.02. The second-order valence-corrected chi connectivity index (χ2v) is 4.30. The topological polar surface area (TPSA) is 52.6 Å². The highest BCUT2D eigenvalue weighted by Crippen LogP contribution is 2.24. The number of esters is 1. The highest BCUT2D eigenvalue weighted by Gasteiger charge is 2.16. The number of carbonyl (C=O) groups excluding carboxylic acids is 2. The van der Waals surface area contributed by atoms with E-state index in [4.69, 9.17) is 21.1 Å². The zero-order valence-electron chi connectivity index (χ0n) is 11.5. The molecule has 0 spiro atoms. The van der Waals surface area contributed by atoms with Crippen LogP contribution >= 0.6 is 11.6 Å². The zero-order valence-corrected chi connectivity index (χ0v) is 12.2. The number of rotatable bonds is 5. The average Bonchev–Trinajstić information content (AvgIpc) is 2.44. The minimum atomic E-state index is -0.536. The first-order valence-electron chi connectivity index (χ1n) is 5.80. The number of hydrogen-bond donors (Lipinski definition) is 0. The van der Waals surface area contributed by atoms with Gasteiger partial charge in [0.2, 0.25) is 0 Å². The van der Waals surface area contributed by atoms with Crippen molar-refractivity contribution in [3.05, 3.63) is 46.7 Å². The Hall–Kier alpha value is -2.07. The standard InChI is InChI=1S/C15H15ClO4/c1-10(17)14(16)8-11-6-4-5-7-12(11)13(9-19-2)15(18)20-3/h4-9H,1-3H3. The number of benzene rings is 1. The summed E-state index contributed by atoms with van der Waals surface area (Å²) in [5.74, 6) is -0.788. The molecule has 0 aliphatic rings. The Labute approximate surface area is 122 Å². The molecule has 0 radical (unpaired) electrons. The van der Waals surface area contributed by atoms with Crippen molar-refractivity contribution in [2.75, 3.05) is 14.2 Å². The third-order valence-corrected chi connectivity index (χ3v) is 2.89. The van der Waals surface area contributed by atoms with Crippen molar-refractivity contribution in [2.24, 2.45) is 0 Å². The van der Waals surface area contributed by atoms with Crippen molar-refractivity contribution in [1.29, 1.82) is 0 Å². The van der Waals surface area contributed by atoms with E-state index in [0.717, 1.165) is 0 Å². The van der Waals surface area contributed by atoms with E-state index in [0.29, 0.717) is 11.1 Å². The fourth-order valence-corrected chi connectivity index (χ4v) is 1.67. The molecule has 0 heterocycles. The molecule has 4 nitrogen and oxygen atoms in total. The number of carbonyl (C=O) groups is 2. The van der Waals surface area contributed by atoms with E-state index in [1.807, 2.05) is 0 Å². The number of methoxy groups -OCH3 is 2. The van der Waals surface area contributed by atoms with E-state index in [2.05, 4.69) is 0 Å². The van der Waals surface area contributed by atoms with Crippen molar-refractivity contribution in [3.63, 3.8) is 0 Å². The SMILES string of the molecule is COC=C(C(=O)OC)c1ccccc1C=C(Cl)C(C)=O. The summed E-state index contributed by atoms with van der Waals surface area (Å²) in [5.41, 5.74) is 1.44. The van der Waals surface area contributed by atoms with Crippen LogP contribution in [0.2, 0.25) is 0 Å². The quantitative estimate of drug-likeness (QED) is 0.476. The van der Waals surface area contributed by atoms with Gasteiger partial charge in [-0.1, -0.05) is 35.9 Å². The van der Waals surface area contributed by atoms with Crippen LogP contribution in [0, 0.1) is 0 Å². The minimum absolute atomic E-state index is 0.0825. The molecule has 0 atom stereocenters. The molecule has 1 rings (SSSR count). The second-order valence-electron chi connectivity index (χ2n) is 3.89. The van der Waals surface area contributed by atoms with E-state index in [9.17, 15) is 9.59 Å². The van der Waals surface area contributed by atoms with Crippen LogP contribution in [-0.4, -0.2) is 26.0 Å². The monoisotopic (exact) mass is 294 g/mol. The number of hydrogen-bond acceptors (Lipinski definition) is 4. The highest BCUT2D eigenvalue weighted by atomic mass is 35.5.